The normalized spacial score (nSPS) is 14.8. The van der Waals surface area contributed by atoms with Gasteiger partial charge in [0.25, 0.3) is 0 Å². The van der Waals surface area contributed by atoms with Crippen LogP contribution in [0.4, 0.5) is 0 Å². The number of para-hydroxylation sites is 1. The molecule has 0 fully saturated rings. The number of nitriles is 1. The van der Waals surface area contributed by atoms with E-state index in [1.165, 1.54) is 12.1 Å². The first-order valence-electron chi connectivity index (χ1n) is 5.81. The van der Waals surface area contributed by atoms with Crippen molar-refractivity contribution in [1.29, 1.82) is 5.26 Å². The Morgan fingerprint density at radius 2 is 1.60 bits per heavy atom. The number of benzene rings is 2. The van der Waals surface area contributed by atoms with Gasteiger partial charge in [-0.1, -0.05) is 48.5 Å². The van der Waals surface area contributed by atoms with Gasteiger partial charge in [0, 0.05) is 0 Å². The largest absolute Gasteiger partial charge is 0.529 e. The van der Waals surface area contributed by atoms with Crippen LogP contribution in [0.25, 0.3) is 0 Å². The highest BCUT2D eigenvalue weighted by Crippen LogP contribution is 2.47. The smallest absolute Gasteiger partial charge is 0.404 e. The summed E-state index contributed by atoms with van der Waals surface area (Å²) in [6, 6.07) is 18.4. The molecule has 6 heteroatoms. The standard InChI is InChI=1S/C14H12NO4P/c15-11-14(12-7-3-1-4-8-12)19-20(16,17)18-13-9-5-2-6-10-13/h1-10,14H,(H,16,17). The van der Waals surface area contributed by atoms with Crippen molar-refractivity contribution in [3.63, 3.8) is 0 Å². The van der Waals surface area contributed by atoms with Gasteiger partial charge in [0.05, 0.1) is 6.07 Å². The van der Waals surface area contributed by atoms with Crippen molar-refractivity contribution in [3.8, 4) is 11.8 Å². The zero-order chi connectivity index (χ0) is 14.4. The highest BCUT2D eigenvalue weighted by Gasteiger charge is 2.29. The molecule has 2 rings (SSSR count). The lowest BCUT2D eigenvalue weighted by Gasteiger charge is -2.16. The van der Waals surface area contributed by atoms with E-state index in [1.807, 2.05) is 6.07 Å². The zero-order valence-electron chi connectivity index (χ0n) is 10.4. The molecule has 0 bridgehead atoms. The highest BCUT2D eigenvalue weighted by molar-refractivity contribution is 7.47. The SMILES string of the molecule is N#CC(OP(=O)(O)Oc1ccccc1)c1ccccc1. The first-order valence-corrected chi connectivity index (χ1v) is 7.31. The molecule has 0 spiro atoms. The molecule has 0 aromatic heterocycles. The monoisotopic (exact) mass is 289 g/mol. The Hall–Kier alpha value is -2.12. The first kappa shape index (κ1) is 14.3. The van der Waals surface area contributed by atoms with E-state index in [0.717, 1.165) is 0 Å². The molecule has 0 aliphatic heterocycles. The van der Waals surface area contributed by atoms with Crippen LogP contribution >= 0.6 is 7.82 Å². The fourth-order valence-electron chi connectivity index (χ4n) is 1.56. The average molecular weight is 289 g/mol. The van der Waals surface area contributed by atoms with Gasteiger partial charge >= 0.3 is 7.82 Å². The minimum absolute atomic E-state index is 0.197. The maximum Gasteiger partial charge on any atom is 0.529 e. The third kappa shape index (κ3) is 3.94. The molecule has 2 aromatic rings. The van der Waals surface area contributed by atoms with Crippen LogP contribution < -0.4 is 4.52 Å². The highest BCUT2D eigenvalue weighted by atomic mass is 31.2. The number of phosphoric acid groups is 1. The topological polar surface area (TPSA) is 79.5 Å². The van der Waals surface area contributed by atoms with Crippen LogP contribution in [-0.4, -0.2) is 4.89 Å². The number of hydrogen-bond donors (Lipinski definition) is 1. The maximum absolute atomic E-state index is 11.9. The van der Waals surface area contributed by atoms with Crippen LogP contribution in [0.2, 0.25) is 0 Å². The molecular formula is C14H12NO4P. The zero-order valence-corrected chi connectivity index (χ0v) is 11.3. The van der Waals surface area contributed by atoms with E-state index >= 15 is 0 Å². The van der Waals surface area contributed by atoms with Gasteiger partial charge in [-0.25, -0.2) is 4.57 Å². The van der Waals surface area contributed by atoms with Gasteiger partial charge < -0.3 is 4.52 Å². The van der Waals surface area contributed by atoms with Gasteiger partial charge in [-0.3, -0.25) is 9.42 Å². The first-order chi connectivity index (χ1) is 9.61. The Bertz CT molecular complexity index is 639. The summed E-state index contributed by atoms with van der Waals surface area (Å²) in [6.45, 7) is 0. The van der Waals surface area contributed by atoms with Crippen LogP contribution in [0, 0.1) is 11.3 Å². The molecular weight excluding hydrogens is 277 g/mol. The predicted molar refractivity (Wildman–Crippen MR) is 72.8 cm³/mol. The van der Waals surface area contributed by atoms with Crippen molar-refractivity contribution >= 4 is 7.82 Å². The van der Waals surface area contributed by atoms with Crippen molar-refractivity contribution in [2.24, 2.45) is 0 Å². The van der Waals surface area contributed by atoms with Crippen molar-refractivity contribution < 1.29 is 18.5 Å². The van der Waals surface area contributed by atoms with Crippen LogP contribution in [0.3, 0.4) is 0 Å². The molecule has 0 heterocycles. The minimum Gasteiger partial charge on any atom is -0.404 e. The van der Waals surface area contributed by atoms with Crippen molar-refractivity contribution in [2.45, 2.75) is 6.10 Å². The van der Waals surface area contributed by atoms with Crippen LogP contribution in [0.5, 0.6) is 5.75 Å². The summed E-state index contributed by atoms with van der Waals surface area (Å²) >= 11 is 0. The predicted octanol–water partition coefficient (Wildman–Crippen LogP) is 3.45. The van der Waals surface area contributed by atoms with E-state index in [2.05, 4.69) is 0 Å². The number of hydrogen-bond acceptors (Lipinski definition) is 4. The van der Waals surface area contributed by atoms with Gasteiger partial charge in [0.15, 0.2) is 6.10 Å². The maximum atomic E-state index is 11.9. The lowest BCUT2D eigenvalue weighted by Crippen LogP contribution is -2.04. The third-order valence-electron chi connectivity index (χ3n) is 2.42. The Balaban J connectivity index is 2.11. The third-order valence-corrected chi connectivity index (χ3v) is 3.34. The lowest BCUT2D eigenvalue weighted by atomic mass is 10.1. The molecule has 0 radical (unpaired) electrons. The van der Waals surface area contributed by atoms with E-state index in [1.54, 1.807) is 48.5 Å². The Morgan fingerprint density at radius 3 is 2.15 bits per heavy atom. The molecule has 0 saturated carbocycles. The van der Waals surface area contributed by atoms with Crippen LogP contribution in [0.15, 0.2) is 60.7 Å². The minimum atomic E-state index is -4.38. The molecule has 1 N–H and O–H groups in total. The second kappa shape index (κ2) is 6.36. The molecule has 0 amide bonds. The van der Waals surface area contributed by atoms with Gasteiger partial charge in [0.2, 0.25) is 0 Å². The molecule has 2 atom stereocenters. The van der Waals surface area contributed by atoms with E-state index in [0.29, 0.717) is 5.56 Å². The number of rotatable bonds is 5. The van der Waals surface area contributed by atoms with E-state index in [9.17, 15) is 9.46 Å². The average Bonchev–Trinajstić information content (AvgIpc) is 2.46. The van der Waals surface area contributed by atoms with Crippen molar-refractivity contribution in [1.82, 2.24) is 0 Å². The Morgan fingerprint density at radius 1 is 1.05 bits per heavy atom. The molecule has 2 unspecified atom stereocenters. The van der Waals surface area contributed by atoms with E-state index in [-0.39, 0.29) is 5.75 Å². The van der Waals surface area contributed by atoms with Crippen LogP contribution in [-0.2, 0) is 9.09 Å². The van der Waals surface area contributed by atoms with Gasteiger partial charge in [-0.15, -0.1) is 0 Å². The lowest BCUT2D eigenvalue weighted by molar-refractivity contribution is 0.172. The van der Waals surface area contributed by atoms with Gasteiger partial charge in [0.1, 0.15) is 5.75 Å². The van der Waals surface area contributed by atoms with Crippen molar-refractivity contribution in [3.05, 3.63) is 66.2 Å². The summed E-state index contributed by atoms with van der Waals surface area (Å²) < 4.78 is 21.7. The molecule has 0 aliphatic carbocycles. The second-order valence-corrected chi connectivity index (χ2v) is 5.23. The number of phosphoric ester groups is 1. The summed E-state index contributed by atoms with van der Waals surface area (Å²) in [5, 5.41) is 9.05. The summed E-state index contributed by atoms with van der Waals surface area (Å²) in [7, 11) is -4.38. The molecule has 0 aliphatic rings. The summed E-state index contributed by atoms with van der Waals surface area (Å²) in [4.78, 5) is 9.69. The Labute approximate surface area is 116 Å². The fraction of sp³-hybridized carbons (Fsp3) is 0.0714. The summed E-state index contributed by atoms with van der Waals surface area (Å²) in [5.41, 5.74) is 0.487. The van der Waals surface area contributed by atoms with E-state index < -0.39 is 13.9 Å². The second-order valence-electron chi connectivity index (χ2n) is 3.90. The molecule has 0 saturated heterocycles. The van der Waals surface area contributed by atoms with Crippen LogP contribution in [0.1, 0.15) is 11.7 Å². The van der Waals surface area contributed by atoms with E-state index in [4.69, 9.17) is 14.3 Å². The molecule has 2 aromatic carbocycles. The van der Waals surface area contributed by atoms with Gasteiger partial charge in [-0.05, 0) is 17.7 Å². The molecule has 5 nitrogen and oxygen atoms in total. The van der Waals surface area contributed by atoms with Crippen molar-refractivity contribution in [2.75, 3.05) is 0 Å². The molecule has 102 valence electrons. The number of nitrogens with zero attached hydrogens (tertiary/aromatic N) is 1. The fourth-order valence-corrected chi connectivity index (χ4v) is 2.42. The Kier molecular flexibility index (Phi) is 4.54. The summed E-state index contributed by atoms with van der Waals surface area (Å²) in [6.07, 6.45) is -1.17. The summed E-state index contributed by atoms with van der Waals surface area (Å²) in [5.74, 6) is 0.197. The molecule has 20 heavy (non-hydrogen) atoms. The quantitative estimate of drug-likeness (QED) is 0.853. The van der Waals surface area contributed by atoms with Gasteiger partial charge in [-0.2, -0.15) is 5.26 Å².